The van der Waals surface area contributed by atoms with Gasteiger partial charge < -0.3 is 0 Å². The fourth-order valence-electron chi connectivity index (χ4n) is 14.5. The number of hydrogen-bond donors (Lipinski definition) is 0. The molecule has 0 spiro atoms. The highest BCUT2D eigenvalue weighted by Gasteiger charge is 2.28. The first-order chi connectivity index (χ1) is 49.7. The largest absolute Gasteiger partial charge is 0.238 e. The second-order valence-corrected chi connectivity index (χ2v) is 27.6. The molecule has 0 aliphatic rings. The minimum absolute atomic E-state index is 0.133. The highest BCUT2D eigenvalue weighted by molar-refractivity contribution is 6.00. The average Bonchev–Trinajstić information content (AvgIpc) is 0.770. The van der Waals surface area contributed by atoms with E-state index in [1.54, 1.807) is 19.9 Å². The van der Waals surface area contributed by atoms with Crippen molar-refractivity contribution in [2.24, 2.45) is 28.2 Å². The van der Waals surface area contributed by atoms with Crippen LogP contribution in [0.5, 0.6) is 0 Å². The van der Waals surface area contributed by atoms with E-state index in [2.05, 4.69) is 198 Å². The summed E-state index contributed by atoms with van der Waals surface area (Å²) in [6.07, 6.45) is 0. The third-order valence-electron chi connectivity index (χ3n) is 20.9. The van der Waals surface area contributed by atoms with Crippen molar-refractivity contribution in [2.75, 3.05) is 0 Å². The molecule has 4 aromatic heterocycles. The molecule has 14 rings (SSSR count). The number of nitrogens with zero attached hydrogens (tertiary/aromatic N) is 8. The lowest BCUT2D eigenvalue weighted by Gasteiger charge is -2.14. The molecule has 0 fully saturated rings. The zero-order chi connectivity index (χ0) is 74.9. The van der Waals surface area contributed by atoms with Crippen LogP contribution in [0, 0.1) is 135 Å². The van der Waals surface area contributed by atoms with Gasteiger partial charge in [0.15, 0.2) is 45.5 Å². The van der Waals surface area contributed by atoms with E-state index in [-0.39, 0.29) is 11.6 Å². The highest BCUT2D eigenvalue weighted by Crippen LogP contribution is 2.40. The van der Waals surface area contributed by atoms with Gasteiger partial charge >= 0.3 is 0 Å². The molecule has 0 radical (unpaired) electrons. The van der Waals surface area contributed by atoms with Crippen LogP contribution in [0.25, 0.3) is 130 Å². The molecule has 14 aromatic rings. The Bertz CT molecular complexity index is 5990. The smallest absolute Gasteiger partial charge is 0.223 e. The summed E-state index contributed by atoms with van der Waals surface area (Å²) in [5.41, 5.74) is 30.6. The van der Waals surface area contributed by atoms with E-state index in [1.165, 1.54) is 89.2 Å². The third kappa shape index (κ3) is 14.1. The fourth-order valence-corrected chi connectivity index (χ4v) is 14.5. The Labute approximate surface area is 611 Å². The van der Waals surface area contributed by atoms with Crippen LogP contribution in [0.2, 0.25) is 0 Å². The molecular weight excluding hydrogens is 1280 g/mol. The number of halogens is 2. The molecule has 10 aromatic carbocycles. The number of fused-ring (bicyclic) bond motifs is 4. The van der Waals surface area contributed by atoms with Gasteiger partial charge in [-0.1, -0.05) is 127 Å². The van der Waals surface area contributed by atoms with E-state index in [0.29, 0.717) is 45.0 Å². The molecule has 0 unspecified atom stereocenters. The van der Waals surface area contributed by atoms with Gasteiger partial charge in [-0.3, -0.25) is 0 Å². The topological polar surface area (TPSA) is 33.0 Å². The Balaban J connectivity index is 0.000000139. The van der Waals surface area contributed by atoms with Crippen molar-refractivity contribution in [3.63, 3.8) is 0 Å². The second-order valence-electron chi connectivity index (χ2n) is 27.6. The van der Waals surface area contributed by atoms with Gasteiger partial charge in [0.2, 0.25) is 22.8 Å². The highest BCUT2D eigenvalue weighted by atomic mass is 19.1. The molecule has 8 nitrogen and oxygen atoms in total. The SMILES string of the molecule is [C-]#[N+]c1ccc2c(-c3c(C)c(C)cc(C)c3F)[n+](C)c(C)cc2c1.[C-]#[N+]c1ccc2c(-c3cc(C)c(F)c(C)c3C)[n+](C)c(C)cc2c1.[C-]#[N+]c1ccc2c(-c3ccc(-c4c(C)cccc4C)cc3C)[n+](C)c(C)cc2c1.[C-]#[N+]c1ccc2c(-c3ccc(-c4ccccc4)cc3C)[n+](C)c(C)cc2c1. The molecule has 0 saturated carbocycles. The van der Waals surface area contributed by atoms with Crippen molar-refractivity contribution in [2.45, 2.75) is 96.9 Å². The lowest BCUT2D eigenvalue weighted by molar-refractivity contribution is -0.665. The molecule has 0 atom stereocenters. The van der Waals surface area contributed by atoms with Gasteiger partial charge in [0.25, 0.3) is 0 Å². The Kier molecular flexibility index (Phi) is 21.1. The molecule has 0 aliphatic carbocycles. The Morgan fingerprint density at radius 2 is 0.625 bits per heavy atom. The van der Waals surface area contributed by atoms with Gasteiger partial charge in [0.05, 0.1) is 59.0 Å². The molecule has 0 aliphatic heterocycles. The van der Waals surface area contributed by atoms with E-state index >= 15 is 4.39 Å². The van der Waals surface area contributed by atoms with Crippen LogP contribution < -0.4 is 18.3 Å². The summed E-state index contributed by atoms with van der Waals surface area (Å²) in [5, 5.41) is 8.61. The molecule has 4 heterocycles. The van der Waals surface area contributed by atoms with Crippen LogP contribution in [0.1, 0.15) is 78.4 Å². The summed E-state index contributed by atoms with van der Waals surface area (Å²) < 4.78 is 38.0. The summed E-state index contributed by atoms with van der Waals surface area (Å²) in [5.74, 6) is -0.305. The fraction of sp³-hybridized carbons (Fsp3) is 0.191. The van der Waals surface area contributed by atoms with E-state index < -0.39 is 0 Å². The molecule has 0 N–H and O–H groups in total. The van der Waals surface area contributed by atoms with Gasteiger partial charge in [0, 0.05) is 63.1 Å². The zero-order valence-corrected chi connectivity index (χ0v) is 62.8. The number of aromatic nitrogens is 4. The van der Waals surface area contributed by atoms with E-state index in [4.69, 9.17) is 26.3 Å². The van der Waals surface area contributed by atoms with Gasteiger partial charge in [-0.15, -0.1) is 0 Å². The zero-order valence-electron chi connectivity index (χ0n) is 62.8. The molecule has 0 amide bonds. The van der Waals surface area contributed by atoms with E-state index in [9.17, 15) is 4.39 Å². The van der Waals surface area contributed by atoms with Crippen molar-refractivity contribution in [1.82, 2.24) is 0 Å². The molecule has 0 bridgehead atoms. The summed E-state index contributed by atoms with van der Waals surface area (Å²) >= 11 is 0. The van der Waals surface area contributed by atoms with Gasteiger partial charge in [-0.2, -0.15) is 18.3 Å². The number of benzene rings is 10. The number of hydrogen-bond acceptors (Lipinski definition) is 0. The first-order valence-electron chi connectivity index (χ1n) is 34.8. The lowest BCUT2D eigenvalue weighted by Crippen LogP contribution is -2.35. The average molecular weight is 1370 g/mol. The summed E-state index contributed by atoms with van der Waals surface area (Å²) in [6, 6.07) is 65.9. The minimum atomic E-state index is -0.171. The molecular formula is C94H86F2N8+4. The molecule has 512 valence electrons. The van der Waals surface area contributed by atoms with E-state index in [0.717, 1.165) is 77.3 Å². The first kappa shape index (κ1) is 72.9. The van der Waals surface area contributed by atoms with Crippen LogP contribution in [0.3, 0.4) is 0 Å². The van der Waals surface area contributed by atoms with Crippen molar-refractivity contribution in [1.29, 1.82) is 0 Å². The van der Waals surface area contributed by atoms with Crippen LogP contribution >= 0.6 is 0 Å². The third-order valence-corrected chi connectivity index (χ3v) is 20.9. The standard InChI is InChI=1S/C27H25N2.C25H21N2.2C21H20FN2/c1-17-8-7-9-18(2)26(17)21-10-12-24(19(3)14-21)27-25-13-11-23(28-5)16-22(25)15-20(4)29(27)6;1-17-14-20(19-8-6-5-7-9-19)10-12-23(17)25-24-13-11-22(26-3)16-21(24)15-18(2)27(25)4;1-12-9-19(14(3)15(4)20(12)22)21-18-8-7-17(23-5)11-16(18)10-13(2)24(21)6;1-12-9-13(2)20(22)19(15(12)4)21-18-8-7-17(23-5)11-16(18)10-14(3)24(21)6/h7-16H,1-4,6H3;5-16H,1-2,4H3;2*7-11H,1-4,6H3/q4*+1. The monoisotopic (exact) mass is 1360 g/mol. The number of pyridine rings is 4. The van der Waals surface area contributed by atoms with Crippen molar-refractivity contribution < 1.29 is 27.0 Å². The number of rotatable bonds is 6. The lowest BCUT2D eigenvalue weighted by atomic mass is 9.91. The van der Waals surface area contributed by atoms with Gasteiger partial charge in [-0.25, -0.2) is 28.2 Å². The van der Waals surface area contributed by atoms with Crippen molar-refractivity contribution in [3.8, 4) is 67.3 Å². The maximum atomic E-state index is 15.1. The second kappa shape index (κ2) is 30.1. The predicted molar refractivity (Wildman–Crippen MR) is 424 cm³/mol. The Morgan fingerprint density at radius 1 is 0.260 bits per heavy atom. The summed E-state index contributed by atoms with van der Waals surface area (Å²) in [4.78, 5) is 14.2. The molecule has 104 heavy (non-hydrogen) atoms. The maximum Gasteiger partial charge on any atom is 0.223 e. The van der Waals surface area contributed by atoms with Crippen LogP contribution in [0.4, 0.5) is 31.5 Å². The molecule has 0 saturated heterocycles. The van der Waals surface area contributed by atoms with Crippen LogP contribution in [-0.4, -0.2) is 0 Å². The van der Waals surface area contributed by atoms with E-state index in [1.807, 2.05) is 139 Å². The van der Waals surface area contributed by atoms with Crippen LogP contribution in [0.15, 0.2) is 194 Å². The van der Waals surface area contributed by atoms with Crippen molar-refractivity contribution >= 4 is 65.8 Å². The quantitative estimate of drug-likeness (QED) is 0.117. The van der Waals surface area contributed by atoms with Gasteiger partial charge in [-0.05, 0) is 211 Å². The van der Waals surface area contributed by atoms with Crippen LogP contribution in [-0.2, 0) is 28.2 Å². The summed E-state index contributed by atoms with van der Waals surface area (Å²) in [6.45, 7) is 57.4. The van der Waals surface area contributed by atoms with Crippen molar-refractivity contribution in [3.05, 3.63) is 330 Å². The normalized spacial score (nSPS) is 10.8. The van der Waals surface area contributed by atoms with Gasteiger partial charge in [0.1, 0.15) is 39.8 Å². The Hall–Kier alpha value is -12.3. The minimum Gasteiger partial charge on any atom is -0.238 e. The predicted octanol–water partition coefficient (Wildman–Crippen LogP) is 23.5. The number of aryl methyl sites for hydroxylation is 11. The maximum absolute atomic E-state index is 15.1. The molecule has 10 heteroatoms. The first-order valence-corrected chi connectivity index (χ1v) is 34.8. The Morgan fingerprint density at radius 3 is 1.03 bits per heavy atom. The summed E-state index contributed by atoms with van der Waals surface area (Å²) in [7, 11) is 8.22.